The van der Waals surface area contributed by atoms with Crippen molar-refractivity contribution in [1.29, 1.82) is 0 Å². The van der Waals surface area contributed by atoms with E-state index in [1.165, 1.54) is 6.08 Å². The smallest absolute Gasteiger partial charge is 0.307 e. The number of hydrogen-bond acceptors (Lipinski definition) is 2. The molecule has 74 valence electrons. The summed E-state index contributed by atoms with van der Waals surface area (Å²) in [5, 5.41) is 17.1. The minimum absolute atomic E-state index is 0.294. The fourth-order valence-corrected chi connectivity index (χ4v) is 1.71. The van der Waals surface area contributed by atoms with Crippen LogP contribution >= 0.6 is 0 Å². The molecule has 3 nitrogen and oxygen atoms in total. The molecule has 1 rings (SSSR count). The third-order valence-electron chi connectivity index (χ3n) is 2.69. The van der Waals surface area contributed by atoms with E-state index in [0.29, 0.717) is 0 Å². The first-order valence-corrected chi connectivity index (χ1v) is 4.11. The Bertz CT molecular complexity index is 258. The fraction of sp³-hybridized carbons (Fsp3) is 0.667. The van der Waals surface area contributed by atoms with Gasteiger partial charge in [0.2, 0.25) is 0 Å². The minimum Gasteiger partial charge on any atom is -0.481 e. The SMILES string of the molecule is CC1(C)[C@H](C=C(F)CO)[C@H]1C(=O)O. The average molecular weight is 188 g/mol. The molecule has 1 saturated carbocycles. The first kappa shape index (κ1) is 10.2. The van der Waals surface area contributed by atoms with Gasteiger partial charge in [0.05, 0.1) is 12.5 Å². The van der Waals surface area contributed by atoms with Crippen molar-refractivity contribution in [2.45, 2.75) is 13.8 Å². The van der Waals surface area contributed by atoms with Crippen molar-refractivity contribution in [3.63, 3.8) is 0 Å². The quantitative estimate of drug-likeness (QED) is 0.699. The molecule has 13 heavy (non-hydrogen) atoms. The van der Waals surface area contributed by atoms with Gasteiger partial charge in [0.15, 0.2) is 0 Å². The van der Waals surface area contributed by atoms with E-state index in [1.807, 2.05) is 0 Å². The Kier molecular flexibility index (Phi) is 2.43. The van der Waals surface area contributed by atoms with Gasteiger partial charge in [-0.05, 0) is 17.4 Å². The number of hydrogen-bond donors (Lipinski definition) is 2. The van der Waals surface area contributed by atoms with Crippen molar-refractivity contribution in [1.82, 2.24) is 0 Å². The zero-order valence-electron chi connectivity index (χ0n) is 7.62. The van der Waals surface area contributed by atoms with Crippen LogP contribution in [0.25, 0.3) is 0 Å². The number of aliphatic carboxylic acids is 1. The second kappa shape index (κ2) is 3.10. The molecule has 4 heteroatoms. The van der Waals surface area contributed by atoms with E-state index in [4.69, 9.17) is 10.2 Å². The van der Waals surface area contributed by atoms with Gasteiger partial charge in [-0.1, -0.05) is 13.8 Å². The summed E-state index contributed by atoms with van der Waals surface area (Å²) < 4.78 is 12.6. The Morgan fingerprint density at radius 3 is 2.46 bits per heavy atom. The Balaban J connectivity index is 2.71. The molecule has 0 heterocycles. The van der Waals surface area contributed by atoms with Crippen LogP contribution in [0.4, 0.5) is 4.39 Å². The number of aliphatic hydroxyl groups excluding tert-OH is 1. The van der Waals surface area contributed by atoms with Crippen LogP contribution in [0.3, 0.4) is 0 Å². The predicted molar refractivity (Wildman–Crippen MR) is 44.7 cm³/mol. The lowest BCUT2D eigenvalue weighted by Crippen LogP contribution is -2.03. The number of halogens is 1. The Hall–Kier alpha value is -0.900. The molecule has 0 bridgehead atoms. The second-order valence-electron chi connectivity index (χ2n) is 3.93. The summed E-state index contributed by atoms with van der Waals surface area (Å²) >= 11 is 0. The van der Waals surface area contributed by atoms with Crippen molar-refractivity contribution in [3.05, 3.63) is 11.9 Å². The van der Waals surface area contributed by atoms with Crippen LogP contribution in [0.5, 0.6) is 0 Å². The monoisotopic (exact) mass is 188 g/mol. The van der Waals surface area contributed by atoms with Gasteiger partial charge in [0.25, 0.3) is 0 Å². The predicted octanol–water partition coefficient (Wildman–Crippen LogP) is 1.19. The highest BCUT2D eigenvalue weighted by atomic mass is 19.1. The van der Waals surface area contributed by atoms with Crippen molar-refractivity contribution >= 4 is 5.97 Å². The largest absolute Gasteiger partial charge is 0.481 e. The molecule has 0 unspecified atom stereocenters. The minimum atomic E-state index is -0.906. The van der Waals surface area contributed by atoms with Crippen LogP contribution < -0.4 is 0 Å². The maximum atomic E-state index is 12.6. The highest BCUT2D eigenvalue weighted by molar-refractivity contribution is 5.76. The normalized spacial score (nSPS) is 31.5. The zero-order chi connectivity index (χ0) is 10.2. The molecule has 0 amide bonds. The topological polar surface area (TPSA) is 57.5 Å². The van der Waals surface area contributed by atoms with Gasteiger partial charge in [-0.25, -0.2) is 4.39 Å². The van der Waals surface area contributed by atoms with Gasteiger partial charge >= 0.3 is 5.97 Å². The van der Waals surface area contributed by atoms with Gasteiger partial charge in [-0.2, -0.15) is 0 Å². The lowest BCUT2D eigenvalue weighted by molar-refractivity contribution is -0.139. The van der Waals surface area contributed by atoms with Crippen LogP contribution in [0.1, 0.15) is 13.8 Å². The van der Waals surface area contributed by atoms with Crippen LogP contribution in [0.15, 0.2) is 11.9 Å². The summed E-state index contributed by atoms with van der Waals surface area (Å²) in [7, 11) is 0. The summed E-state index contributed by atoms with van der Waals surface area (Å²) in [4.78, 5) is 10.6. The first-order valence-electron chi connectivity index (χ1n) is 4.11. The van der Waals surface area contributed by atoms with Crippen LogP contribution in [-0.4, -0.2) is 22.8 Å². The third-order valence-corrected chi connectivity index (χ3v) is 2.69. The van der Waals surface area contributed by atoms with Gasteiger partial charge < -0.3 is 10.2 Å². The molecule has 1 aliphatic carbocycles. The van der Waals surface area contributed by atoms with E-state index in [2.05, 4.69) is 0 Å². The number of carboxylic acid groups (broad SMARTS) is 1. The molecular formula is C9H13FO3. The van der Waals surface area contributed by atoms with Gasteiger partial charge in [0, 0.05) is 0 Å². The van der Waals surface area contributed by atoms with Crippen LogP contribution in [-0.2, 0) is 4.79 Å². The number of allylic oxidation sites excluding steroid dienone is 1. The Labute approximate surface area is 75.9 Å². The first-order chi connectivity index (χ1) is 5.91. The van der Waals surface area contributed by atoms with E-state index in [9.17, 15) is 9.18 Å². The maximum Gasteiger partial charge on any atom is 0.307 e. The number of carboxylic acids is 1. The lowest BCUT2D eigenvalue weighted by atomic mass is 10.1. The average Bonchev–Trinajstić information content (AvgIpc) is 2.53. The standard InChI is InChI=1S/C9H13FO3/c1-9(2)6(3-5(10)4-11)7(9)8(12)13/h3,6-7,11H,4H2,1-2H3,(H,12,13)/t6-,7+/m1/s1. The van der Waals surface area contributed by atoms with Gasteiger partial charge in [0.1, 0.15) is 5.83 Å². The van der Waals surface area contributed by atoms with E-state index in [-0.39, 0.29) is 5.92 Å². The zero-order valence-corrected chi connectivity index (χ0v) is 7.62. The number of rotatable bonds is 3. The molecule has 0 aromatic carbocycles. The van der Waals surface area contributed by atoms with E-state index >= 15 is 0 Å². The molecule has 0 aromatic rings. The molecule has 0 spiro atoms. The molecule has 0 saturated heterocycles. The summed E-state index contributed by atoms with van der Waals surface area (Å²) in [6.07, 6.45) is 1.21. The van der Waals surface area contributed by atoms with Crippen molar-refractivity contribution < 1.29 is 19.4 Å². The summed E-state index contributed by atoms with van der Waals surface area (Å²) in [5.41, 5.74) is -0.391. The van der Waals surface area contributed by atoms with Gasteiger partial charge in [-0.15, -0.1) is 0 Å². The summed E-state index contributed by atoms with van der Waals surface area (Å²) in [6.45, 7) is 2.90. The highest BCUT2D eigenvalue weighted by Gasteiger charge is 2.61. The second-order valence-corrected chi connectivity index (χ2v) is 3.93. The number of aliphatic hydroxyl groups is 1. The van der Waals surface area contributed by atoms with E-state index < -0.39 is 29.7 Å². The van der Waals surface area contributed by atoms with Crippen molar-refractivity contribution in [2.75, 3.05) is 6.61 Å². The molecular weight excluding hydrogens is 175 g/mol. The summed E-state index contributed by atoms with van der Waals surface area (Å²) in [5.74, 6) is -2.37. The third kappa shape index (κ3) is 1.72. The lowest BCUT2D eigenvalue weighted by Gasteiger charge is -1.96. The molecule has 2 atom stereocenters. The van der Waals surface area contributed by atoms with Gasteiger partial charge in [-0.3, -0.25) is 4.79 Å². The van der Waals surface area contributed by atoms with Crippen LogP contribution in [0.2, 0.25) is 0 Å². The van der Waals surface area contributed by atoms with Crippen molar-refractivity contribution in [3.8, 4) is 0 Å². The maximum absolute atomic E-state index is 12.6. The Morgan fingerprint density at radius 2 is 2.15 bits per heavy atom. The Morgan fingerprint density at radius 1 is 1.62 bits per heavy atom. The van der Waals surface area contributed by atoms with E-state index in [0.717, 1.165) is 0 Å². The number of carbonyl (C=O) groups is 1. The van der Waals surface area contributed by atoms with Crippen LogP contribution in [0, 0.1) is 17.3 Å². The molecule has 1 fully saturated rings. The molecule has 1 aliphatic rings. The molecule has 0 aliphatic heterocycles. The van der Waals surface area contributed by atoms with E-state index in [1.54, 1.807) is 13.8 Å². The molecule has 2 N–H and O–H groups in total. The summed E-state index contributed by atoms with van der Waals surface area (Å²) in [6, 6.07) is 0. The fourth-order valence-electron chi connectivity index (χ4n) is 1.71. The molecule has 0 radical (unpaired) electrons. The molecule has 0 aromatic heterocycles. The van der Waals surface area contributed by atoms with Crippen molar-refractivity contribution in [2.24, 2.45) is 17.3 Å². The highest BCUT2D eigenvalue weighted by Crippen LogP contribution is 2.59.